The first-order chi connectivity index (χ1) is 10.8. The molecule has 5 nitrogen and oxygen atoms in total. The first-order valence-electron chi connectivity index (χ1n) is 7.52. The van der Waals surface area contributed by atoms with Crippen molar-refractivity contribution in [3.05, 3.63) is 53.1 Å². The molecule has 2 N–H and O–H groups in total. The number of hydrogen-bond acceptors (Lipinski definition) is 4. The molecule has 1 aliphatic carbocycles. The zero-order valence-corrected chi connectivity index (χ0v) is 13.9. The summed E-state index contributed by atoms with van der Waals surface area (Å²) in [5, 5.41) is 26.6. The lowest BCUT2D eigenvalue weighted by Gasteiger charge is -2.37. The van der Waals surface area contributed by atoms with E-state index in [1.54, 1.807) is 23.1 Å². The molecule has 0 saturated heterocycles. The summed E-state index contributed by atoms with van der Waals surface area (Å²) in [6.45, 7) is 4.15. The van der Waals surface area contributed by atoms with Crippen molar-refractivity contribution in [1.82, 2.24) is 14.8 Å². The van der Waals surface area contributed by atoms with Crippen LogP contribution in [0.2, 0.25) is 5.02 Å². The fourth-order valence-corrected chi connectivity index (χ4v) is 3.36. The van der Waals surface area contributed by atoms with Gasteiger partial charge >= 0.3 is 0 Å². The zero-order chi connectivity index (χ0) is 16.7. The van der Waals surface area contributed by atoms with Gasteiger partial charge in [0.1, 0.15) is 18.3 Å². The summed E-state index contributed by atoms with van der Waals surface area (Å²) < 4.78 is 1.59. The lowest BCUT2D eigenvalue weighted by molar-refractivity contribution is -0.0298. The highest BCUT2D eigenvalue weighted by atomic mass is 35.5. The van der Waals surface area contributed by atoms with Crippen LogP contribution in [-0.4, -0.2) is 36.7 Å². The molecule has 0 amide bonds. The van der Waals surface area contributed by atoms with Gasteiger partial charge in [0.15, 0.2) is 0 Å². The van der Waals surface area contributed by atoms with Crippen molar-refractivity contribution in [2.75, 3.05) is 0 Å². The van der Waals surface area contributed by atoms with Gasteiger partial charge in [-0.3, -0.25) is 0 Å². The van der Waals surface area contributed by atoms with E-state index in [0.29, 0.717) is 17.0 Å². The zero-order valence-electron chi connectivity index (χ0n) is 13.1. The van der Waals surface area contributed by atoms with Crippen molar-refractivity contribution < 1.29 is 10.2 Å². The second kappa shape index (κ2) is 5.74. The normalized spacial score (nSPS) is 28.4. The summed E-state index contributed by atoms with van der Waals surface area (Å²) in [5.41, 5.74) is -0.213. The number of hydrogen-bond donors (Lipinski definition) is 2. The molecule has 1 saturated carbocycles. The van der Waals surface area contributed by atoms with Gasteiger partial charge in [0.05, 0.1) is 12.6 Å². The summed E-state index contributed by atoms with van der Waals surface area (Å²) in [7, 11) is 0. The van der Waals surface area contributed by atoms with Crippen LogP contribution in [0.3, 0.4) is 0 Å². The monoisotopic (exact) mass is 333 g/mol. The maximum absolute atomic E-state index is 11.4. The molecule has 1 fully saturated rings. The Morgan fingerprint density at radius 3 is 2.65 bits per heavy atom. The summed E-state index contributed by atoms with van der Waals surface area (Å²) >= 11 is 5.92. The van der Waals surface area contributed by atoms with Crippen LogP contribution >= 0.6 is 11.6 Å². The second-order valence-corrected chi connectivity index (χ2v) is 7.14. The number of aromatic nitrogens is 3. The van der Waals surface area contributed by atoms with Crippen LogP contribution < -0.4 is 0 Å². The quantitative estimate of drug-likeness (QED) is 0.905. The van der Waals surface area contributed by atoms with E-state index in [9.17, 15) is 10.2 Å². The molecule has 23 heavy (non-hydrogen) atoms. The fraction of sp³-hybridized carbons (Fsp3) is 0.412. The Balaban J connectivity index is 2.03. The summed E-state index contributed by atoms with van der Waals surface area (Å²) in [4.78, 5) is 3.92. The Kier molecular flexibility index (Phi) is 4.04. The number of nitrogens with zero attached hydrogens (tertiary/aromatic N) is 3. The average Bonchev–Trinajstić information content (AvgIpc) is 3.03. The highest BCUT2D eigenvalue weighted by Gasteiger charge is 2.55. The molecule has 0 spiro atoms. The van der Waals surface area contributed by atoms with Gasteiger partial charge in [-0.2, -0.15) is 5.10 Å². The van der Waals surface area contributed by atoms with Crippen molar-refractivity contribution in [2.45, 2.75) is 38.5 Å². The molecular formula is C17H20ClN3O2. The van der Waals surface area contributed by atoms with Crippen molar-refractivity contribution in [2.24, 2.45) is 5.41 Å². The Labute approximate surface area is 140 Å². The van der Waals surface area contributed by atoms with E-state index in [4.69, 9.17) is 11.6 Å². The van der Waals surface area contributed by atoms with Crippen LogP contribution in [0.4, 0.5) is 0 Å². The molecule has 2 atom stereocenters. The molecule has 122 valence electrons. The van der Waals surface area contributed by atoms with Crippen molar-refractivity contribution in [3.63, 3.8) is 0 Å². The molecule has 1 aromatic heterocycles. The maximum Gasteiger partial charge on any atom is 0.137 e. The fourth-order valence-electron chi connectivity index (χ4n) is 3.24. The highest BCUT2D eigenvalue weighted by molar-refractivity contribution is 6.30. The van der Waals surface area contributed by atoms with Crippen molar-refractivity contribution >= 4 is 17.7 Å². The summed E-state index contributed by atoms with van der Waals surface area (Å²) in [6.07, 6.45) is 4.63. The lowest BCUT2D eigenvalue weighted by Crippen LogP contribution is -2.45. The lowest BCUT2D eigenvalue weighted by atomic mass is 9.76. The van der Waals surface area contributed by atoms with Crippen LogP contribution in [0.1, 0.15) is 25.8 Å². The molecule has 2 aromatic rings. The minimum atomic E-state index is -1.21. The second-order valence-electron chi connectivity index (χ2n) is 6.71. The molecule has 1 aromatic carbocycles. The molecular weight excluding hydrogens is 314 g/mol. The Hall–Kier alpha value is -1.69. The van der Waals surface area contributed by atoms with E-state index >= 15 is 0 Å². The number of aliphatic hydroxyl groups is 2. The van der Waals surface area contributed by atoms with E-state index in [2.05, 4.69) is 10.1 Å². The van der Waals surface area contributed by atoms with Crippen LogP contribution in [0, 0.1) is 5.41 Å². The van der Waals surface area contributed by atoms with Crippen LogP contribution in [-0.2, 0) is 6.54 Å². The smallest absolute Gasteiger partial charge is 0.137 e. The van der Waals surface area contributed by atoms with Gasteiger partial charge in [-0.15, -0.1) is 0 Å². The third-order valence-electron chi connectivity index (χ3n) is 4.71. The molecule has 0 bridgehead atoms. The molecule has 6 heteroatoms. The number of benzene rings is 1. The van der Waals surface area contributed by atoms with Gasteiger partial charge in [0.2, 0.25) is 0 Å². The minimum Gasteiger partial charge on any atom is -0.389 e. The highest BCUT2D eigenvalue weighted by Crippen LogP contribution is 2.50. The maximum atomic E-state index is 11.4. The van der Waals surface area contributed by atoms with E-state index < -0.39 is 17.1 Å². The van der Waals surface area contributed by atoms with Gasteiger partial charge in [-0.25, -0.2) is 9.67 Å². The Morgan fingerprint density at radius 1 is 1.35 bits per heavy atom. The predicted molar refractivity (Wildman–Crippen MR) is 88.8 cm³/mol. The molecule has 0 radical (unpaired) electrons. The van der Waals surface area contributed by atoms with Gasteiger partial charge in [0, 0.05) is 10.4 Å². The Bertz CT molecular complexity index is 710. The molecule has 2 unspecified atom stereocenters. The average molecular weight is 334 g/mol. The topological polar surface area (TPSA) is 71.2 Å². The molecule has 3 rings (SSSR count). The first-order valence-corrected chi connectivity index (χ1v) is 7.90. The molecule has 1 aliphatic rings. The van der Waals surface area contributed by atoms with Crippen LogP contribution in [0.25, 0.3) is 6.08 Å². The van der Waals surface area contributed by atoms with Gasteiger partial charge in [0.25, 0.3) is 0 Å². The Morgan fingerprint density at radius 2 is 2.04 bits per heavy atom. The van der Waals surface area contributed by atoms with E-state index in [1.165, 1.54) is 6.33 Å². The minimum absolute atomic E-state index is 0.247. The summed E-state index contributed by atoms with van der Waals surface area (Å²) in [5.74, 6) is 0. The van der Waals surface area contributed by atoms with Gasteiger partial charge < -0.3 is 10.2 Å². The standard InChI is InChI=1S/C17H20ClN3O2/c1-16(2)8-15(22)14(7-12-3-5-13(18)6-4-12)17(16,23)9-21-11-19-10-20-21/h3-7,10-11,15,22-23H,8-9H2,1-2H3. The van der Waals surface area contributed by atoms with Crippen LogP contribution in [0.5, 0.6) is 0 Å². The predicted octanol–water partition coefficient (Wildman–Crippen LogP) is 2.54. The SMILES string of the molecule is CC1(C)CC(O)C(=Cc2ccc(Cl)cc2)C1(O)Cn1cncn1. The van der Waals surface area contributed by atoms with Gasteiger partial charge in [-0.05, 0) is 29.7 Å². The van der Waals surface area contributed by atoms with E-state index in [0.717, 1.165) is 5.56 Å². The largest absolute Gasteiger partial charge is 0.389 e. The van der Waals surface area contributed by atoms with Crippen molar-refractivity contribution in [1.29, 1.82) is 0 Å². The summed E-state index contributed by atoms with van der Waals surface area (Å²) in [6, 6.07) is 7.31. The third-order valence-corrected chi connectivity index (χ3v) is 4.96. The molecule has 1 heterocycles. The van der Waals surface area contributed by atoms with Gasteiger partial charge in [-0.1, -0.05) is 43.7 Å². The third kappa shape index (κ3) is 2.92. The number of rotatable bonds is 3. The van der Waals surface area contributed by atoms with Crippen molar-refractivity contribution in [3.8, 4) is 0 Å². The molecule has 0 aliphatic heterocycles. The van der Waals surface area contributed by atoms with Crippen LogP contribution in [0.15, 0.2) is 42.5 Å². The first kappa shape index (κ1) is 16.2. The number of aliphatic hydroxyl groups excluding tert-OH is 1. The van der Waals surface area contributed by atoms with E-state index in [-0.39, 0.29) is 6.54 Å². The number of halogens is 1. The van der Waals surface area contributed by atoms with E-state index in [1.807, 2.05) is 32.1 Å².